The molecular formula is C28H32ClNO3. The number of hydrogen-bond donors (Lipinski definition) is 1. The molecule has 33 heavy (non-hydrogen) atoms. The summed E-state index contributed by atoms with van der Waals surface area (Å²) < 4.78 is 19.0. The van der Waals surface area contributed by atoms with Gasteiger partial charge in [-0.3, -0.25) is 0 Å². The molecule has 0 aromatic heterocycles. The third-order valence-electron chi connectivity index (χ3n) is 6.35. The Morgan fingerprint density at radius 3 is 2.09 bits per heavy atom. The van der Waals surface area contributed by atoms with E-state index in [0.717, 1.165) is 12.0 Å². The predicted octanol–water partition coefficient (Wildman–Crippen LogP) is 6.26. The zero-order valence-corrected chi connectivity index (χ0v) is 20.3. The van der Waals surface area contributed by atoms with Crippen LogP contribution in [0.15, 0.2) is 72.8 Å². The monoisotopic (exact) mass is 465 g/mol. The van der Waals surface area contributed by atoms with Crippen molar-refractivity contribution in [2.45, 2.75) is 45.2 Å². The highest BCUT2D eigenvalue weighted by atomic mass is 35.5. The van der Waals surface area contributed by atoms with Crippen molar-refractivity contribution in [2.75, 3.05) is 13.3 Å². The topological polar surface area (TPSA) is 53.7 Å². The van der Waals surface area contributed by atoms with Crippen molar-refractivity contribution in [3.8, 4) is 22.3 Å². The van der Waals surface area contributed by atoms with Crippen LogP contribution in [0.4, 0.5) is 0 Å². The van der Waals surface area contributed by atoms with E-state index < -0.39 is 11.6 Å². The first-order valence-corrected chi connectivity index (χ1v) is 11.3. The quantitative estimate of drug-likeness (QED) is 0.493. The lowest BCUT2D eigenvalue weighted by atomic mass is 9.77. The van der Waals surface area contributed by atoms with Gasteiger partial charge in [-0.2, -0.15) is 0 Å². The second kappa shape index (κ2) is 8.86. The average molecular weight is 466 g/mol. The lowest BCUT2D eigenvalue weighted by molar-refractivity contribution is -0.457. The largest absolute Gasteiger partial charge is 0.325 e. The molecule has 0 saturated carbocycles. The van der Waals surface area contributed by atoms with Gasteiger partial charge in [-0.25, -0.2) is 0 Å². The first-order valence-electron chi connectivity index (χ1n) is 11.3. The van der Waals surface area contributed by atoms with Gasteiger partial charge in [-0.15, -0.1) is 12.4 Å². The number of fused-ring (bicyclic) bond motifs is 4. The molecule has 2 unspecified atom stereocenters. The molecule has 5 heteroatoms. The summed E-state index contributed by atoms with van der Waals surface area (Å²) in [5, 5.41) is 0. The Hall–Kier alpha value is -2.21. The van der Waals surface area contributed by atoms with E-state index in [4.69, 9.17) is 19.9 Å². The van der Waals surface area contributed by atoms with E-state index in [1.165, 1.54) is 27.8 Å². The van der Waals surface area contributed by atoms with Gasteiger partial charge in [0.1, 0.15) is 0 Å². The van der Waals surface area contributed by atoms with Crippen molar-refractivity contribution in [1.82, 2.24) is 0 Å². The molecule has 3 aromatic carbocycles. The predicted molar refractivity (Wildman–Crippen MR) is 134 cm³/mol. The van der Waals surface area contributed by atoms with Gasteiger partial charge in [0.25, 0.3) is 0 Å². The van der Waals surface area contributed by atoms with Crippen molar-refractivity contribution in [2.24, 2.45) is 11.1 Å². The molecule has 3 aromatic rings. The molecule has 0 spiro atoms. The van der Waals surface area contributed by atoms with E-state index in [-0.39, 0.29) is 31.2 Å². The first kappa shape index (κ1) is 23.9. The fourth-order valence-corrected chi connectivity index (χ4v) is 5.23. The molecule has 0 radical (unpaired) electrons. The molecule has 0 aliphatic carbocycles. The average Bonchev–Trinajstić information content (AvgIpc) is 2.78. The Morgan fingerprint density at radius 2 is 1.48 bits per heavy atom. The Morgan fingerprint density at radius 1 is 0.848 bits per heavy atom. The fourth-order valence-electron chi connectivity index (χ4n) is 5.23. The maximum absolute atomic E-state index is 6.62. The van der Waals surface area contributed by atoms with Gasteiger partial charge in [-0.05, 0) is 33.2 Å². The van der Waals surface area contributed by atoms with Crippen LogP contribution in [0.3, 0.4) is 0 Å². The molecule has 4 nitrogen and oxygen atoms in total. The molecule has 2 bridgehead atoms. The highest BCUT2D eigenvalue weighted by Crippen LogP contribution is 2.52. The highest BCUT2D eigenvalue weighted by molar-refractivity contribution is 5.87. The minimum atomic E-state index is -1.00. The minimum absolute atomic E-state index is 0. The zero-order chi connectivity index (χ0) is 22.4. The summed E-state index contributed by atoms with van der Waals surface area (Å²) in [4.78, 5) is 0. The van der Waals surface area contributed by atoms with E-state index in [9.17, 15) is 0 Å². The summed E-state index contributed by atoms with van der Waals surface area (Å²) in [6.07, 6.45) is 1.39. The Labute approximate surface area is 202 Å². The molecule has 2 N–H and O–H groups in total. The van der Waals surface area contributed by atoms with E-state index in [2.05, 4.69) is 81.4 Å². The summed E-state index contributed by atoms with van der Waals surface area (Å²) in [6, 6.07) is 25.4. The number of benzene rings is 3. The standard InChI is InChI=1S/C28H31NO3.ClH/c1-26(2,3)17-27-16-23-24(28(18-29,32-27)31-19-30-27)15-14-22(20-10-6-4-7-11-20)25(23)21-12-8-5-9-13-21;/h4-15H,16-19,29H2,1-3H3;1H. The van der Waals surface area contributed by atoms with Gasteiger partial charge in [0, 0.05) is 18.4 Å². The van der Waals surface area contributed by atoms with Gasteiger partial charge in [0.15, 0.2) is 12.6 Å². The van der Waals surface area contributed by atoms with Crippen LogP contribution in [0, 0.1) is 5.41 Å². The van der Waals surface area contributed by atoms with E-state index in [0.29, 0.717) is 6.42 Å². The molecule has 174 valence electrons. The fraction of sp³-hybridized carbons (Fsp3) is 0.357. The SMILES string of the molecule is CC(C)(C)CC12Cc3c(ccc(-c4ccccc4)c3-c3ccccc3)C(CN)(OCO1)O2.Cl. The van der Waals surface area contributed by atoms with E-state index >= 15 is 0 Å². The smallest absolute Gasteiger partial charge is 0.212 e. The summed E-state index contributed by atoms with van der Waals surface area (Å²) >= 11 is 0. The van der Waals surface area contributed by atoms with Crippen LogP contribution < -0.4 is 5.73 Å². The van der Waals surface area contributed by atoms with Crippen LogP contribution in [0.25, 0.3) is 22.3 Å². The van der Waals surface area contributed by atoms with Crippen LogP contribution in [0.1, 0.15) is 38.3 Å². The number of ether oxygens (including phenoxy) is 3. The van der Waals surface area contributed by atoms with Crippen molar-refractivity contribution >= 4 is 12.4 Å². The van der Waals surface area contributed by atoms with Crippen molar-refractivity contribution < 1.29 is 14.2 Å². The van der Waals surface area contributed by atoms with Crippen LogP contribution in [0.2, 0.25) is 0 Å². The Kier molecular flexibility index (Phi) is 6.43. The van der Waals surface area contributed by atoms with Crippen LogP contribution in [-0.4, -0.2) is 19.1 Å². The van der Waals surface area contributed by atoms with Crippen molar-refractivity contribution in [1.29, 1.82) is 0 Å². The Balaban J connectivity index is 0.00000259. The second-order valence-electron chi connectivity index (χ2n) is 10.0. The van der Waals surface area contributed by atoms with Crippen molar-refractivity contribution in [3.05, 3.63) is 83.9 Å². The molecule has 1 fully saturated rings. The molecule has 2 aliphatic rings. The highest BCUT2D eigenvalue weighted by Gasteiger charge is 2.55. The number of halogens is 1. The van der Waals surface area contributed by atoms with Crippen LogP contribution in [0.5, 0.6) is 0 Å². The molecule has 2 heterocycles. The number of rotatable bonds is 4. The molecule has 5 rings (SSSR count). The molecule has 0 amide bonds. The summed E-state index contributed by atoms with van der Waals surface area (Å²) in [7, 11) is 0. The number of hydrogen-bond acceptors (Lipinski definition) is 4. The molecular weight excluding hydrogens is 434 g/mol. The van der Waals surface area contributed by atoms with E-state index in [1.807, 2.05) is 12.1 Å². The van der Waals surface area contributed by atoms with Gasteiger partial charge >= 0.3 is 0 Å². The summed E-state index contributed by atoms with van der Waals surface area (Å²) in [5.41, 5.74) is 13.3. The molecule has 1 saturated heterocycles. The Bertz CT molecular complexity index is 1110. The van der Waals surface area contributed by atoms with E-state index in [1.54, 1.807) is 0 Å². The van der Waals surface area contributed by atoms with Gasteiger partial charge in [0.05, 0.1) is 6.54 Å². The first-order chi connectivity index (χ1) is 15.3. The van der Waals surface area contributed by atoms with Gasteiger partial charge in [-0.1, -0.05) is 93.6 Å². The van der Waals surface area contributed by atoms with Gasteiger partial charge in [0.2, 0.25) is 5.79 Å². The van der Waals surface area contributed by atoms with Gasteiger partial charge < -0.3 is 19.9 Å². The third kappa shape index (κ3) is 4.34. The molecule has 2 atom stereocenters. The second-order valence-corrected chi connectivity index (χ2v) is 10.0. The lowest BCUT2D eigenvalue weighted by Gasteiger charge is -2.53. The van der Waals surface area contributed by atoms with Crippen LogP contribution in [-0.2, 0) is 26.4 Å². The minimum Gasteiger partial charge on any atom is -0.325 e. The number of nitrogens with two attached hydrogens (primary N) is 1. The molecule has 2 aliphatic heterocycles. The maximum Gasteiger partial charge on any atom is 0.212 e. The zero-order valence-electron chi connectivity index (χ0n) is 19.5. The van der Waals surface area contributed by atoms with Crippen LogP contribution >= 0.6 is 12.4 Å². The third-order valence-corrected chi connectivity index (χ3v) is 6.35. The normalized spacial score (nSPS) is 24.0. The summed E-state index contributed by atoms with van der Waals surface area (Å²) in [6.45, 7) is 7.04. The van der Waals surface area contributed by atoms with Crippen molar-refractivity contribution in [3.63, 3.8) is 0 Å². The maximum atomic E-state index is 6.62. The lowest BCUT2D eigenvalue weighted by Crippen LogP contribution is -2.60. The summed E-state index contributed by atoms with van der Waals surface area (Å²) in [5.74, 6) is -1.78.